The van der Waals surface area contributed by atoms with Crippen molar-refractivity contribution in [3.63, 3.8) is 0 Å². The van der Waals surface area contributed by atoms with Gasteiger partial charge in [0.05, 0.1) is 100 Å². The van der Waals surface area contributed by atoms with E-state index >= 15 is 9.13 Å². The van der Waals surface area contributed by atoms with Crippen molar-refractivity contribution in [3.8, 4) is 0 Å². The molecule has 0 fully saturated rings. The highest BCUT2D eigenvalue weighted by molar-refractivity contribution is 7.60. The van der Waals surface area contributed by atoms with Crippen molar-refractivity contribution < 1.29 is 81.7 Å². The largest absolute Gasteiger partial charge is 0.429 e. The number of hydrogen-bond acceptors (Lipinski definition) is 18. The predicted octanol–water partition coefficient (Wildman–Crippen LogP) is 14.2. The molecule has 0 saturated carbocycles. The third kappa shape index (κ3) is 18.2. The van der Waals surface area contributed by atoms with Gasteiger partial charge in [0.15, 0.2) is 0 Å². The van der Waals surface area contributed by atoms with E-state index in [1.807, 2.05) is 6.92 Å². The van der Waals surface area contributed by atoms with Crippen molar-refractivity contribution in [1.29, 1.82) is 0 Å². The van der Waals surface area contributed by atoms with Crippen LogP contribution in [0.25, 0.3) is 0 Å². The molecule has 0 spiro atoms. The molecule has 0 saturated heterocycles. The van der Waals surface area contributed by atoms with Crippen LogP contribution in [0.5, 0.6) is 0 Å². The van der Waals surface area contributed by atoms with E-state index in [9.17, 15) is 18.3 Å². The maximum Gasteiger partial charge on any atom is 0.382 e. The molecule has 1 aliphatic rings. The topological polar surface area (TPSA) is 213 Å². The summed E-state index contributed by atoms with van der Waals surface area (Å²) in [6, 6.07) is 0. The zero-order valence-corrected chi connectivity index (χ0v) is 46.2. The number of hydrogen-bond donors (Lipinski definition) is 0. The molecule has 1 aliphatic heterocycles. The Bertz CT molecular complexity index is 1580. The van der Waals surface area contributed by atoms with Crippen LogP contribution in [-0.2, 0) is 81.7 Å². The first-order chi connectivity index (χ1) is 30.4. The van der Waals surface area contributed by atoms with Gasteiger partial charge in [-0.05, 0) is 114 Å². The lowest BCUT2D eigenvalue weighted by Crippen LogP contribution is -2.34. The second-order valence-corrected chi connectivity index (χ2v) is 28.6. The summed E-state index contributed by atoms with van der Waals surface area (Å²) in [4.78, 5) is 0. The summed E-state index contributed by atoms with van der Waals surface area (Å²) in [5.41, 5.74) is -5.34. The van der Waals surface area contributed by atoms with Gasteiger partial charge in [-0.1, -0.05) is 33.1 Å². The molecule has 382 valence electrons. The van der Waals surface area contributed by atoms with Gasteiger partial charge in [-0.15, -0.1) is 0 Å². The predicted molar refractivity (Wildman–Crippen MR) is 253 cm³/mol. The smallest absolute Gasteiger partial charge is 0.382 e. The lowest BCUT2D eigenvalue weighted by molar-refractivity contribution is 0.198. The van der Waals surface area contributed by atoms with Gasteiger partial charge in [-0.3, -0.25) is 27.3 Å². The third-order valence-corrected chi connectivity index (χ3v) is 26.7. The van der Waals surface area contributed by atoms with E-state index < -0.39 is 79.5 Å². The van der Waals surface area contributed by atoms with E-state index in [1.165, 1.54) is 0 Å². The first-order valence-corrected chi connectivity index (χ1v) is 33.1. The second kappa shape index (κ2) is 31.5. The van der Waals surface area contributed by atoms with Gasteiger partial charge in [-0.25, -0.2) is 9.13 Å². The van der Waals surface area contributed by atoms with Crippen molar-refractivity contribution in [2.75, 3.05) is 66.1 Å². The van der Waals surface area contributed by atoms with Gasteiger partial charge in [0.25, 0.3) is 0 Å². The highest BCUT2D eigenvalue weighted by Crippen LogP contribution is 2.70. The van der Waals surface area contributed by atoms with Crippen molar-refractivity contribution in [1.82, 2.24) is 0 Å². The molecule has 0 aromatic rings. The molecule has 8 unspecified atom stereocenters. The molecule has 64 heavy (non-hydrogen) atoms. The Morgan fingerprint density at radius 3 is 1.44 bits per heavy atom. The summed E-state index contributed by atoms with van der Waals surface area (Å²) < 4.78 is 158. The molecule has 0 aromatic carbocycles. The number of rotatable bonds is 35. The first-order valence-electron chi connectivity index (χ1n) is 23.4. The molecular formula is C40H84O18P6. The number of unbranched alkanes of at least 4 members (excludes halogenated alkanes) is 1. The van der Waals surface area contributed by atoms with Crippen LogP contribution < -0.4 is 0 Å². The van der Waals surface area contributed by atoms with Crippen molar-refractivity contribution in [2.24, 2.45) is 0 Å². The Morgan fingerprint density at radius 1 is 0.531 bits per heavy atom. The van der Waals surface area contributed by atoms with Crippen LogP contribution in [0.3, 0.4) is 0 Å². The van der Waals surface area contributed by atoms with Gasteiger partial charge < -0.3 is 45.2 Å². The maximum atomic E-state index is 15.2. The lowest BCUT2D eigenvalue weighted by atomic mass is 10.0. The first kappa shape index (κ1) is 62.3. The second-order valence-electron chi connectivity index (χ2n) is 14.9. The Hall–Kier alpha value is 0.320. The summed E-state index contributed by atoms with van der Waals surface area (Å²) in [6.07, 6.45) is 4.73. The molecule has 0 amide bonds. The van der Waals surface area contributed by atoms with E-state index in [4.69, 9.17) is 54.3 Å². The van der Waals surface area contributed by atoms with Gasteiger partial charge in [0.1, 0.15) is 12.5 Å². The van der Waals surface area contributed by atoms with Crippen molar-refractivity contribution in [2.45, 2.75) is 181 Å². The van der Waals surface area contributed by atoms with E-state index in [1.54, 1.807) is 76.2 Å². The quantitative estimate of drug-likeness (QED) is 0.0426. The minimum Gasteiger partial charge on any atom is -0.429 e. The van der Waals surface area contributed by atoms with E-state index in [0.717, 1.165) is 12.5 Å². The molecule has 1 heterocycles. The van der Waals surface area contributed by atoms with Crippen LogP contribution in [0.1, 0.15) is 147 Å². The molecule has 24 heteroatoms. The fourth-order valence-electron chi connectivity index (χ4n) is 8.16. The van der Waals surface area contributed by atoms with Crippen molar-refractivity contribution in [3.05, 3.63) is 12.5 Å². The Labute approximate surface area is 385 Å². The minimum atomic E-state index is -4.28. The van der Waals surface area contributed by atoms with E-state index in [2.05, 4.69) is 0 Å². The van der Waals surface area contributed by atoms with Gasteiger partial charge in [-0.2, -0.15) is 0 Å². The standard InChI is InChI=1S/C40H84O18P6/c1-13-37(61(43,51-18-6)52-19-7)39-31-32-40(62(44,53-20-8)54-21-9)38(63(45,55-22-10)57-33-34-58-64(39,46)56-23-11)30-25-24-28-36(60(42,49-16-4)50-17-5)29-26-27-35(12)59(41,47-14-2)48-15-3/h33-40H,13-32H2,1-12H3/b34-33-. The zero-order valence-electron chi connectivity index (χ0n) is 40.8. The Balaban J connectivity index is 3.89. The van der Waals surface area contributed by atoms with Gasteiger partial charge in [0, 0.05) is 0 Å². The van der Waals surface area contributed by atoms with Gasteiger partial charge in [0.2, 0.25) is 0 Å². The lowest BCUT2D eigenvalue weighted by Gasteiger charge is -2.38. The molecule has 0 radical (unpaired) electrons. The normalized spacial score (nSPS) is 24.8. The average molecular weight is 1040 g/mol. The molecule has 18 nitrogen and oxygen atoms in total. The maximum absolute atomic E-state index is 15.2. The van der Waals surface area contributed by atoms with E-state index in [0.29, 0.717) is 38.5 Å². The SMILES string of the molecule is CCOP(=O)(OCC)C(C)CCCC(CCCCC1C(P(=O)(OCC)OCC)CCC(C(CC)P(=O)(OCC)OCC)P(=O)(OCC)O/C=C\OP1(=O)OCC)P(=O)(OCC)OCC. The zero-order chi connectivity index (χ0) is 48.5. The fourth-order valence-corrected chi connectivity index (χ4v) is 22.7. The Morgan fingerprint density at radius 2 is 0.969 bits per heavy atom. The highest BCUT2D eigenvalue weighted by atomic mass is 31.2. The minimum absolute atomic E-state index is 0.0132. The van der Waals surface area contributed by atoms with Crippen LogP contribution in [0.15, 0.2) is 12.5 Å². The monoisotopic (exact) mass is 1040 g/mol. The fraction of sp³-hybridized carbons (Fsp3) is 0.950. The summed E-state index contributed by atoms with van der Waals surface area (Å²) in [7, 11) is -23.7. The van der Waals surface area contributed by atoms with Crippen LogP contribution in [0, 0.1) is 0 Å². The van der Waals surface area contributed by atoms with E-state index in [-0.39, 0.29) is 91.8 Å². The molecule has 1 rings (SSSR count). The van der Waals surface area contributed by atoms with Crippen LogP contribution in [0.4, 0.5) is 0 Å². The van der Waals surface area contributed by atoms with Crippen LogP contribution in [0.2, 0.25) is 0 Å². The average Bonchev–Trinajstić information content (AvgIpc) is 3.24. The van der Waals surface area contributed by atoms with Crippen LogP contribution in [-0.4, -0.2) is 100 Å². The summed E-state index contributed by atoms with van der Waals surface area (Å²) in [6.45, 7) is 21.4. The highest BCUT2D eigenvalue weighted by Gasteiger charge is 2.55. The van der Waals surface area contributed by atoms with Crippen molar-refractivity contribution >= 4 is 45.6 Å². The molecular weight excluding hydrogens is 954 g/mol. The summed E-state index contributed by atoms with van der Waals surface area (Å²) in [5.74, 6) is 0. The van der Waals surface area contributed by atoms with Gasteiger partial charge >= 0.3 is 45.6 Å². The molecule has 0 N–H and O–H groups in total. The third-order valence-electron chi connectivity index (χ3n) is 10.7. The summed E-state index contributed by atoms with van der Waals surface area (Å²) >= 11 is 0. The molecule has 8 atom stereocenters. The molecule has 0 aliphatic carbocycles. The van der Waals surface area contributed by atoms with Crippen LogP contribution >= 0.6 is 45.6 Å². The Kier molecular flexibility index (Phi) is 30.7. The molecule has 0 aromatic heterocycles. The summed E-state index contributed by atoms with van der Waals surface area (Å²) in [5, 5.41) is 0. The molecule has 0 bridgehead atoms.